The molecule has 574 valence electrons. The van der Waals surface area contributed by atoms with Crippen LogP contribution < -0.4 is 27.9 Å². The monoisotopic (exact) mass is 1510 g/mol. The van der Waals surface area contributed by atoms with E-state index in [0.29, 0.717) is 62.4 Å². The zero-order valence-electron chi connectivity index (χ0n) is 65.1. The van der Waals surface area contributed by atoms with Crippen molar-refractivity contribution in [1.29, 1.82) is 0 Å². The number of hydrogen-bond donors (Lipinski definition) is 7. The number of fused-ring (bicyclic) bond motifs is 3. The van der Waals surface area contributed by atoms with Gasteiger partial charge in [-0.1, -0.05) is 267 Å². The molecule has 6 aromatic heterocycles. The number of nitrogens with one attached hydrogen (secondary N) is 6. The second-order valence-corrected chi connectivity index (χ2v) is 33.8. The Bertz CT molecular complexity index is 4170. The van der Waals surface area contributed by atoms with Crippen LogP contribution in [0.1, 0.15) is 318 Å². The van der Waals surface area contributed by atoms with Gasteiger partial charge in [0.1, 0.15) is 27.3 Å². The summed E-state index contributed by atoms with van der Waals surface area (Å²) in [5.41, 5.74) is 7.61. The zero-order chi connectivity index (χ0) is 76.1. The van der Waals surface area contributed by atoms with Gasteiger partial charge in [0.2, 0.25) is 5.65 Å². The number of unbranched alkanes of at least 4 members (excludes halogenated alkanes) is 15. The molecule has 0 radical (unpaired) electrons. The maximum Gasteiger partial charge on any atom is 0.288 e. The van der Waals surface area contributed by atoms with E-state index in [4.69, 9.17) is 41.4 Å². The molecule has 0 fully saturated rings. The molecule has 0 aliphatic heterocycles. The average Bonchev–Trinajstić information content (AvgIpc) is 1.62. The largest absolute Gasteiger partial charge is 0.451 e. The highest BCUT2D eigenvalue weighted by Crippen LogP contribution is 2.39. The molecule has 0 aliphatic rings. The Morgan fingerprint density at radius 2 is 1.03 bits per heavy atom. The Hall–Kier alpha value is -6.67. The van der Waals surface area contributed by atoms with Gasteiger partial charge in [-0.15, -0.1) is 30.6 Å². The Labute approximate surface area is 632 Å². The second-order valence-electron chi connectivity index (χ2n) is 31.3. The van der Waals surface area contributed by atoms with Crippen LogP contribution in [0.5, 0.6) is 23.0 Å². The van der Waals surface area contributed by atoms with E-state index in [2.05, 4.69) is 147 Å². The van der Waals surface area contributed by atoms with Crippen molar-refractivity contribution < 1.29 is 31.4 Å². The van der Waals surface area contributed by atoms with Crippen LogP contribution in [-0.2, 0) is 38.8 Å². The molecular formula is C78H119Cl2N15O7S2. The average molecular weight is 1510 g/mol. The number of nitrogens with zero attached hydrogens (tertiary/aromatic N) is 9. The third-order valence-electron chi connectivity index (χ3n) is 18.6. The van der Waals surface area contributed by atoms with E-state index < -0.39 is 28.6 Å². The number of H-pyrrole nitrogens is 3. The lowest BCUT2D eigenvalue weighted by atomic mass is 9.86. The first-order chi connectivity index (χ1) is 49.4. The first-order valence-corrected chi connectivity index (χ1v) is 40.6. The van der Waals surface area contributed by atoms with Gasteiger partial charge in [-0.2, -0.15) is 17.9 Å². The number of halogens is 2. The Morgan fingerprint density at radius 3 is 1.54 bits per heavy atom. The van der Waals surface area contributed by atoms with Crippen LogP contribution in [0.25, 0.3) is 16.9 Å². The Balaban J connectivity index is 0.000000225. The lowest BCUT2D eigenvalue weighted by Gasteiger charge is -2.22. The lowest BCUT2D eigenvalue weighted by Crippen LogP contribution is -2.32. The van der Waals surface area contributed by atoms with Crippen LogP contribution in [0.15, 0.2) is 66.7 Å². The van der Waals surface area contributed by atoms with Crippen molar-refractivity contribution in [3.8, 4) is 23.0 Å². The van der Waals surface area contributed by atoms with Crippen molar-refractivity contribution in [2.75, 3.05) is 13.2 Å². The number of aromatic amines is 3. The summed E-state index contributed by atoms with van der Waals surface area (Å²) >= 11 is 9.54. The quantitative estimate of drug-likeness (QED) is 0.0179. The number of aryl methyl sites for hydroxylation is 2. The number of carbonyl (C=O) groups is 1. The van der Waals surface area contributed by atoms with E-state index in [0.717, 1.165) is 50.3 Å². The second kappa shape index (κ2) is 39.8. The van der Waals surface area contributed by atoms with Crippen molar-refractivity contribution in [2.24, 2.45) is 5.92 Å². The predicted molar refractivity (Wildman–Crippen MR) is 422 cm³/mol. The third-order valence-corrected chi connectivity index (χ3v) is 20.9. The van der Waals surface area contributed by atoms with Crippen LogP contribution in [0.3, 0.4) is 0 Å². The highest BCUT2D eigenvalue weighted by atomic mass is 35.5. The van der Waals surface area contributed by atoms with Gasteiger partial charge in [0, 0.05) is 28.9 Å². The molecule has 9 rings (SSSR count). The number of amides is 1. The van der Waals surface area contributed by atoms with E-state index >= 15 is 0 Å². The van der Waals surface area contributed by atoms with Crippen molar-refractivity contribution in [2.45, 2.75) is 287 Å². The Kier molecular flexibility index (Phi) is 32.4. The summed E-state index contributed by atoms with van der Waals surface area (Å²) in [7, 11) is 0. The Morgan fingerprint density at radius 1 is 0.558 bits per heavy atom. The number of carbonyl (C=O) groups excluding carboxylic acids is 1. The smallest absolute Gasteiger partial charge is 0.288 e. The number of hydrogen-bond acceptors (Lipinski definition) is 13. The van der Waals surface area contributed by atoms with E-state index in [1.54, 1.807) is 39.4 Å². The summed E-state index contributed by atoms with van der Waals surface area (Å²) in [6.45, 7) is 37.5. The summed E-state index contributed by atoms with van der Waals surface area (Å²) in [6.07, 6.45) is 25.6. The van der Waals surface area contributed by atoms with Gasteiger partial charge >= 0.3 is 0 Å². The number of para-hydroxylation sites is 1. The fraction of sp³-hybridized carbons (Fsp3) is 0.603. The van der Waals surface area contributed by atoms with Gasteiger partial charge in [-0.25, -0.2) is 13.5 Å². The summed E-state index contributed by atoms with van der Waals surface area (Å²) in [4.78, 5) is 12.2. The van der Waals surface area contributed by atoms with Crippen LogP contribution in [0, 0.1) is 19.8 Å². The van der Waals surface area contributed by atoms with Crippen LogP contribution in [-0.4, -0.2) is 92.0 Å². The third kappa shape index (κ3) is 23.7. The SMILES string of the molecule is CCCCCCCCCCCCC(CCCCCCCCC)c1nnc2c(Cl)c(C(C)(C)C)[nH]n12.Cc1ccc(C(C)(C)C)cc1OS(=O)NC(c1nnc2c(Oc3ccc(C(=O)NCCO)cc3)c(C(C)C)[nH]n12)C(C)C.Cc1ccccc1OS(=O)NC(C)c1nnc2c(Cl)c(C(C)(C)C)[nH]n12. The van der Waals surface area contributed by atoms with E-state index in [9.17, 15) is 13.2 Å². The molecule has 0 saturated carbocycles. The number of ether oxygens (including phenoxy) is 1. The minimum Gasteiger partial charge on any atom is -0.451 e. The molecule has 0 spiro atoms. The molecule has 104 heavy (non-hydrogen) atoms. The topological polar surface area (TPSA) is 273 Å². The molecule has 0 aliphatic carbocycles. The molecule has 0 saturated heterocycles. The summed E-state index contributed by atoms with van der Waals surface area (Å²) < 4.78 is 54.8. The lowest BCUT2D eigenvalue weighted by molar-refractivity contribution is 0.0944. The summed E-state index contributed by atoms with van der Waals surface area (Å²) in [5, 5.41) is 49.3. The van der Waals surface area contributed by atoms with E-state index in [1.807, 2.05) is 78.8 Å². The zero-order valence-corrected chi connectivity index (χ0v) is 68.2. The number of rotatable bonds is 37. The molecule has 22 nitrogen and oxygen atoms in total. The minimum atomic E-state index is -1.86. The highest BCUT2D eigenvalue weighted by Gasteiger charge is 2.32. The van der Waals surface area contributed by atoms with Gasteiger partial charge in [0.05, 0.1) is 35.8 Å². The van der Waals surface area contributed by atoms with Crippen molar-refractivity contribution >= 4 is 68.6 Å². The summed E-state index contributed by atoms with van der Waals surface area (Å²) in [6, 6.07) is 19.2. The van der Waals surface area contributed by atoms with Gasteiger partial charge < -0.3 is 23.5 Å². The minimum absolute atomic E-state index is 0.0124. The number of aliphatic hydroxyl groups excluding tert-OH is 1. The molecular weight excluding hydrogens is 1390 g/mol. The van der Waals surface area contributed by atoms with Crippen molar-refractivity contribution in [3.05, 3.63) is 134 Å². The van der Waals surface area contributed by atoms with Crippen molar-refractivity contribution in [1.82, 2.24) is 74.2 Å². The molecule has 5 atom stereocenters. The van der Waals surface area contributed by atoms with Crippen LogP contribution >= 0.6 is 23.2 Å². The highest BCUT2D eigenvalue weighted by molar-refractivity contribution is 7.78. The van der Waals surface area contributed by atoms with Gasteiger partial charge in [0.15, 0.2) is 34.5 Å². The van der Waals surface area contributed by atoms with Gasteiger partial charge in [0.25, 0.3) is 28.4 Å². The number of aliphatic hydroxyl groups is 1. The fourth-order valence-electron chi connectivity index (χ4n) is 12.2. The molecule has 3 aromatic carbocycles. The predicted octanol–water partition coefficient (Wildman–Crippen LogP) is 19.4. The molecule has 7 N–H and O–H groups in total. The fourth-order valence-corrected chi connectivity index (χ4v) is 14.9. The molecule has 5 unspecified atom stereocenters. The van der Waals surface area contributed by atoms with Gasteiger partial charge in [-0.3, -0.25) is 20.1 Å². The normalized spacial score (nSPS) is 13.6. The standard InChI is InChI=1S/C31H42N6O5S.C30H55ClN4.C17H22ClN5O2S/c1-18(2)25-27(41-23-13-10-21(11-14-23)30(39)32-15-16-38)29-34-33-28(37(29)35-25)26(19(3)4)36-43(40)42-24-17-22(31(6,7)8)12-9-20(24)5;1-6-8-10-12-14-15-16-18-20-22-24-25(23-21-19-17-13-11-9-7-2)28-32-33-29-26(31)27(30(3,4)5)34-35(28)29;1-10-8-6-7-9-12(10)25-26(24)22-11(2)15-19-20-16-13(18)14(17(3,4)5)21-23(15)16/h9-14,17-19,26,35-36,38H,15-16H2,1-8H3,(H,32,39);25,34H,6-24H2,1-5H3;6-9,11,21-22H,1-5H3. The molecule has 1 amide bonds. The van der Waals surface area contributed by atoms with E-state index in [-0.39, 0.29) is 53.2 Å². The maximum absolute atomic E-state index is 13.3. The van der Waals surface area contributed by atoms with E-state index in [1.165, 1.54) is 122 Å². The molecule has 9 aromatic rings. The molecule has 26 heteroatoms. The van der Waals surface area contributed by atoms with Crippen molar-refractivity contribution in [3.63, 3.8) is 0 Å². The number of benzene rings is 3. The first kappa shape index (κ1) is 84.6. The van der Waals surface area contributed by atoms with Gasteiger partial charge in [-0.05, 0) is 104 Å². The molecule has 0 bridgehead atoms. The maximum atomic E-state index is 13.3. The summed E-state index contributed by atoms with van der Waals surface area (Å²) in [5.74, 6) is 4.58. The van der Waals surface area contributed by atoms with Crippen LogP contribution in [0.2, 0.25) is 10.0 Å². The first-order valence-electron chi connectivity index (χ1n) is 37.7. The van der Waals surface area contributed by atoms with Crippen LogP contribution in [0.4, 0.5) is 0 Å². The molecule has 6 heterocycles. The number of aromatic nitrogens is 12.